The van der Waals surface area contributed by atoms with Crippen LogP contribution in [0.25, 0.3) is 0 Å². The zero-order valence-electron chi connectivity index (χ0n) is 10.5. The van der Waals surface area contributed by atoms with Crippen molar-refractivity contribution in [3.8, 4) is 0 Å². The fraction of sp³-hybridized carbons (Fsp3) is 0.583. The summed E-state index contributed by atoms with van der Waals surface area (Å²) in [4.78, 5) is 27.2. The van der Waals surface area contributed by atoms with Crippen LogP contribution in [0.3, 0.4) is 0 Å². The molecule has 1 unspecified atom stereocenters. The van der Waals surface area contributed by atoms with Gasteiger partial charge in [0.2, 0.25) is 0 Å². The molecule has 1 aliphatic carbocycles. The van der Waals surface area contributed by atoms with Gasteiger partial charge >= 0.3 is 5.97 Å². The number of carbonyl (C=O) groups excluding carboxylic acids is 2. The molecule has 0 aliphatic heterocycles. The lowest BCUT2D eigenvalue weighted by Crippen LogP contribution is -2.40. The van der Waals surface area contributed by atoms with E-state index in [1.807, 2.05) is 0 Å². The van der Waals surface area contributed by atoms with Gasteiger partial charge in [0.1, 0.15) is 11.7 Å². The Balaban J connectivity index is 3.32. The highest BCUT2D eigenvalue weighted by Gasteiger charge is 2.46. The number of carbonyl (C=O) groups is 2. The van der Waals surface area contributed by atoms with Crippen LogP contribution in [0.1, 0.15) is 20.3 Å². The van der Waals surface area contributed by atoms with E-state index >= 15 is 0 Å². The van der Waals surface area contributed by atoms with Gasteiger partial charge < -0.3 is 9.84 Å². The van der Waals surface area contributed by atoms with Gasteiger partial charge in [0, 0.05) is 19.7 Å². The number of nitrogens with zero attached hydrogens (tertiary/aromatic N) is 1. The van der Waals surface area contributed by atoms with E-state index in [1.54, 1.807) is 13.8 Å². The van der Waals surface area contributed by atoms with Crippen molar-refractivity contribution >= 4 is 18.0 Å². The summed E-state index contributed by atoms with van der Waals surface area (Å²) in [6, 6.07) is 0. The van der Waals surface area contributed by atoms with Crippen molar-refractivity contribution in [2.75, 3.05) is 14.2 Å². The van der Waals surface area contributed by atoms with E-state index in [-0.39, 0.29) is 23.5 Å². The Hall–Kier alpha value is -1.65. The zero-order valence-corrected chi connectivity index (χ0v) is 10.5. The Morgan fingerprint density at radius 1 is 1.59 bits per heavy atom. The van der Waals surface area contributed by atoms with Crippen LogP contribution in [0.15, 0.2) is 16.3 Å². The van der Waals surface area contributed by atoms with Crippen molar-refractivity contribution in [1.82, 2.24) is 0 Å². The summed E-state index contributed by atoms with van der Waals surface area (Å²) >= 11 is 0. The molecule has 0 amide bonds. The fourth-order valence-corrected chi connectivity index (χ4v) is 2.10. The van der Waals surface area contributed by atoms with Crippen molar-refractivity contribution in [3.63, 3.8) is 0 Å². The van der Waals surface area contributed by atoms with Crippen molar-refractivity contribution in [2.24, 2.45) is 16.3 Å². The van der Waals surface area contributed by atoms with Crippen LogP contribution in [-0.4, -0.2) is 37.2 Å². The topological polar surface area (TPSA) is 76.0 Å². The Morgan fingerprint density at radius 3 is 2.65 bits per heavy atom. The zero-order chi connectivity index (χ0) is 13.2. The number of allylic oxidation sites excluding steroid dienone is 1. The predicted molar refractivity (Wildman–Crippen MR) is 63.0 cm³/mol. The number of methoxy groups -OCH3 is 1. The molecule has 1 atom stereocenters. The Labute approximate surface area is 100 Å². The third-order valence-electron chi connectivity index (χ3n) is 2.94. The van der Waals surface area contributed by atoms with E-state index < -0.39 is 17.3 Å². The molecule has 1 aliphatic rings. The third kappa shape index (κ3) is 2.38. The first-order valence-electron chi connectivity index (χ1n) is 5.31. The Bertz CT molecular complexity index is 407. The summed E-state index contributed by atoms with van der Waals surface area (Å²) < 4.78 is 4.67. The summed E-state index contributed by atoms with van der Waals surface area (Å²) in [5, 5.41) is 10.0. The van der Waals surface area contributed by atoms with Crippen LogP contribution in [0.5, 0.6) is 0 Å². The lowest BCUT2D eigenvalue weighted by molar-refractivity contribution is -0.150. The third-order valence-corrected chi connectivity index (χ3v) is 2.94. The predicted octanol–water partition coefficient (Wildman–Crippen LogP) is 1.29. The standard InChI is InChI=1S/C12H17NO4/c1-12(2)5-8(14)7(6-13-3)10(15)9(12)11(16)17-4/h6,9,15H,5H2,1-4H3. The molecule has 0 heterocycles. The van der Waals surface area contributed by atoms with E-state index in [0.717, 1.165) is 0 Å². The molecule has 0 aromatic rings. The number of esters is 1. The number of ketones is 1. The molecule has 0 saturated heterocycles. The van der Waals surface area contributed by atoms with Crippen molar-refractivity contribution in [1.29, 1.82) is 0 Å². The number of aliphatic hydroxyl groups excluding tert-OH is 1. The van der Waals surface area contributed by atoms with Crippen LogP contribution >= 0.6 is 0 Å². The molecule has 5 nitrogen and oxygen atoms in total. The van der Waals surface area contributed by atoms with Gasteiger partial charge in [-0.25, -0.2) is 0 Å². The minimum Gasteiger partial charge on any atom is -0.511 e. The SMILES string of the molecule is CN=CC1=C(O)C(C(=O)OC)C(C)(C)CC1=O. The van der Waals surface area contributed by atoms with Crippen molar-refractivity contribution in [3.05, 3.63) is 11.3 Å². The minimum atomic E-state index is -0.821. The molecule has 0 aromatic carbocycles. The molecule has 0 spiro atoms. The van der Waals surface area contributed by atoms with Gasteiger partial charge in [-0.05, 0) is 5.41 Å². The second-order valence-electron chi connectivity index (χ2n) is 4.73. The molecule has 17 heavy (non-hydrogen) atoms. The van der Waals surface area contributed by atoms with Gasteiger partial charge in [-0.15, -0.1) is 0 Å². The van der Waals surface area contributed by atoms with E-state index in [2.05, 4.69) is 9.73 Å². The van der Waals surface area contributed by atoms with Gasteiger partial charge in [-0.1, -0.05) is 13.8 Å². The molecule has 0 bridgehead atoms. The number of hydrogen-bond acceptors (Lipinski definition) is 5. The maximum absolute atomic E-state index is 11.8. The van der Waals surface area contributed by atoms with Gasteiger partial charge in [-0.3, -0.25) is 14.6 Å². The molecule has 1 rings (SSSR count). The second kappa shape index (κ2) is 4.69. The highest BCUT2D eigenvalue weighted by atomic mass is 16.5. The van der Waals surface area contributed by atoms with Gasteiger partial charge in [0.15, 0.2) is 5.78 Å². The second-order valence-corrected chi connectivity index (χ2v) is 4.73. The maximum Gasteiger partial charge on any atom is 0.316 e. The molecule has 94 valence electrons. The van der Waals surface area contributed by atoms with Crippen molar-refractivity contribution in [2.45, 2.75) is 20.3 Å². The number of hydrogen-bond donors (Lipinski definition) is 1. The lowest BCUT2D eigenvalue weighted by atomic mass is 9.68. The highest BCUT2D eigenvalue weighted by molar-refractivity contribution is 6.15. The van der Waals surface area contributed by atoms with Gasteiger partial charge in [0.05, 0.1) is 12.7 Å². The van der Waals surface area contributed by atoms with Gasteiger partial charge in [-0.2, -0.15) is 0 Å². The molecular formula is C12H17NO4. The van der Waals surface area contributed by atoms with Crippen molar-refractivity contribution < 1.29 is 19.4 Å². The van der Waals surface area contributed by atoms with E-state index in [0.29, 0.717) is 0 Å². The first-order valence-corrected chi connectivity index (χ1v) is 5.31. The fourth-order valence-electron chi connectivity index (χ4n) is 2.10. The largest absolute Gasteiger partial charge is 0.511 e. The summed E-state index contributed by atoms with van der Waals surface area (Å²) in [6.07, 6.45) is 1.46. The van der Waals surface area contributed by atoms with Crippen LogP contribution in [0, 0.1) is 11.3 Å². The molecule has 5 heteroatoms. The number of rotatable bonds is 2. The first kappa shape index (κ1) is 13.4. The Kier molecular flexibility index (Phi) is 3.70. The maximum atomic E-state index is 11.8. The monoisotopic (exact) mass is 239 g/mol. The number of ether oxygens (including phenoxy) is 1. The number of aliphatic hydroxyl groups is 1. The van der Waals surface area contributed by atoms with Crippen LogP contribution in [-0.2, 0) is 14.3 Å². The lowest BCUT2D eigenvalue weighted by Gasteiger charge is -2.35. The van der Waals surface area contributed by atoms with Gasteiger partial charge in [0.25, 0.3) is 0 Å². The normalized spacial score (nSPS) is 24.2. The smallest absolute Gasteiger partial charge is 0.316 e. The molecule has 0 fully saturated rings. The quantitative estimate of drug-likeness (QED) is 0.582. The average molecular weight is 239 g/mol. The molecule has 0 saturated carbocycles. The number of Topliss-reactive ketones (excluding diaryl/α,β-unsaturated/α-hetero) is 1. The van der Waals surface area contributed by atoms with E-state index in [9.17, 15) is 14.7 Å². The Morgan fingerprint density at radius 2 is 2.18 bits per heavy atom. The van der Waals surface area contributed by atoms with Crippen LogP contribution < -0.4 is 0 Å². The first-order chi connectivity index (χ1) is 7.85. The summed E-state index contributed by atoms with van der Waals surface area (Å²) in [6.45, 7) is 3.51. The minimum absolute atomic E-state index is 0.0993. The highest BCUT2D eigenvalue weighted by Crippen LogP contribution is 2.41. The summed E-state index contributed by atoms with van der Waals surface area (Å²) in [5.74, 6) is -1.82. The molecule has 0 aromatic heterocycles. The average Bonchev–Trinajstić information content (AvgIpc) is 2.22. The van der Waals surface area contributed by atoms with Crippen LogP contribution in [0.4, 0.5) is 0 Å². The summed E-state index contributed by atoms with van der Waals surface area (Å²) in [7, 11) is 2.76. The van der Waals surface area contributed by atoms with E-state index in [4.69, 9.17) is 0 Å². The molecule has 0 radical (unpaired) electrons. The molecular weight excluding hydrogens is 222 g/mol. The number of aliphatic imine (C=N–C) groups is 1. The van der Waals surface area contributed by atoms with E-state index in [1.165, 1.54) is 20.4 Å². The summed E-state index contributed by atoms with van der Waals surface area (Å²) in [5.41, 5.74) is -0.554. The van der Waals surface area contributed by atoms with Crippen LogP contribution in [0.2, 0.25) is 0 Å². The molecule has 1 N–H and O–H groups in total.